The van der Waals surface area contributed by atoms with Crippen LogP contribution in [0.4, 0.5) is 10.1 Å². The van der Waals surface area contributed by atoms with Crippen molar-refractivity contribution in [2.75, 3.05) is 12.8 Å². The fourth-order valence-electron chi connectivity index (χ4n) is 2.53. The van der Waals surface area contributed by atoms with Crippen molar-refractivity contribution in [2.24, 2.45) is 0 Å². The van der Waals surface area contributed by atoms with Crippen molar-refractivity contribution in [3.05, 3.63) is 70.8 Å². The summed E-state index contributed by atoms with van der Waals surface area (Å²) in [5.41, 5.74) is 6.28. The average molecular weight is 386 g/mol. The lowest BCUT2D eigenvalue weighted by molar-refractivity contribution is 0.0593. The van der Waals surface area contributed by atoms with Crippen molar-refractivity contribution in [3.63, 3.8) is 0 Å². The van der Waals surface area contributed by atoms with Gasteiger partial charge in [-0.15, -0.1) is 0 Å². The van der Waals surface area contributed by atoms with Crippen LogP contribution in [0.2, 0.25) is 5.02 Å². The second kappa shape index (κ2) is 7.40. The molecule has 0 aliphatic heterocycles. The van der Waals surface area contributed by atoms with Crippen LogP contribution in [0.25, 0.3) is 5.69 Å². The highest BCUT2D eigenvalue weighted by Crippen LogP contribution is 2.34. The van der Waals surface area contributed by atoms with Gasteiger partial charge in [-0.1, -0.05) is 17.7 Å². The second-order valence-corrected chi connectivity index (χ2v) is 5.89. The summed E-state index contributed by atoms with van der Waals surface area (Å²) in [6, 6.07) is 12.2. The summed E-state index contributed by atoms with van der Waals surface area (Å²) >= 11 is 6.10. The molecule has 0 saturated carbocycles. The number of esters is 1. The molecule has 136 valence electrons. The SMILES string of the molecule is COC(=O)c1c(N)c(C#N)cn1-c1cc(Cl)ccc1Oc1cccc(F)c1. The third kappa shape index (κ3) is 3.57. The number of halogens is 2. The number of carbonyl (C=O) groups excluding carboxylic acids is 1. The lowest BCUT2D eigenvalue weighted by Crippen LogP contribution is -2.11. The number of nitrogens with two attached hydrogens (primary N) is 1. The Morgan fingerprint density at radius 3 is 2.74 bits per heavy atom. The summed E-state index contributed by atoms with van der Waals surface area (Å²) in [6.45, 7) is 0. The highest BCUT2D eigenvalue weighted by atomic mass is 35.5. The van der Waals surface area contributed by atoms with Gasteiger partial charge >= 0.3 is 5.97 Å². The monoisotopic (exact) mass is 385 g/mol. The Bertz CT molecular complexity index is 1070. The van der Waals surface area contributed by atoms with E-state index in [0.29, 0.717) is 10.7 Å². The predicted octanol–water partition coefficient (Wildman–Crippen LogP) is 4.30. The van der Waals surface area contributed by atoms with Crippen LogP contribution in [0, 0.1) is 17.1 Å². The van der Waals surface area contributed by atoms with Crippen LogP contribution in [0.1, 0.15) is 16.1 Å². The number of aromatic nitrogens is 1. The number of hydrogen-bond acceptors (Lipinski definition) is 5. The van der Waals surface area contributed by atoms with Crippen LogP contribution in [0.5, 0.6) is 11.5 Å². The maximum absolute atomic E-state index is 13.5. The molecule has 0 aliphatic carbocycles. The van der Waals surface area contributed by atoms with E-state index in [1.54, 1.807) is 18.2 Å². The summed E-state index contributed by atoms with van der Waals surface area (Å²) < 4.78 is 25.3. The first-order valence-electron chi connectivity index (χ1n) is 7.67. The number of nitrogens with zero attached hydrogens (tertiary/aromatic N) is 2. The number of benzene rings is 2. The molecule has 0 unspecified atom stereocenters. The van der Waals surface area contributed by atoms with Gasteiger partial charge in [-0.3, -0.25) is 0 Å². The maximum atomic E-state index is 13.5. The first-order valence-corrected chi connectivity index (χ1v) is 8.05. The van der Waals surface area contributed by atoms with Crippen molar-refractivity contribution in [1.29, 1.82) is 5.26 Å². The molecule has 0 aliphatic rings. The highest BCUT2D eigenvalue weighted by molar-refractivity contribution is 6.30. The summed E-state index contributed by atoms with van der Waals surface area (Å²) in [5.74, 6) is -0.672. The summed E-state index contributed by atoms with van der Waals surface area (Å²) in [4.78, 5) is 12.2. The fraction of sp³-hybridized carbons (Fsp3) is 0.0526. The molecule has 6 nitrogen and oxygen atoms in total. The molecule has 8 heteroatoms. The summed E-state index contributed by atoms with van der Waals surface area (Å²) in [5, 5.41) is 9.61. The van der Waals surface area contributed by atoms with Gasteiger partial charge in [0.05, 0.1) is 24.0 Å². The number of methoxy groups -OCH3 is 1. The fourth-order valence-corrected chi connectivity index (χ4v) is 2.69. The van der Waals surface area contributed by atoms with Gasteiger partial charge in [-0.2, -0.15) is 5.26 Å². The molecule has 0 bridgehead atoms. The van der Waals surface area contributed by atoms with Crippen molar-refractivity contribution in [1.82, 2.24) is 4.57 Å². The molecule has 0 saturated heterocycles. The second-order valence-electron chi connectivity index (χ2n) is 5.45. The minimum absolute atomic E-state index is 0.0268. The van der Waals surface area contributed by atoms with Gasteiger partial charge in [0.15, 0.2) is 11.4 Å². The smallest absolute Gasteiger partial charge is 0.357 e. The molecule has 0 fully saturated rings. The van der Waals surface area contributed by atoms with Crippen LogP contribution in [-0.4, -0.2) is 17.6 Å². The van der Waals surface area contributed by atoms with E-state index < -0.39 is 11.8 Å². The van der Waals surface area contributed by atoms with E-state index >= 15 is 0 Å². The van der Waals surface area contributed by atoms with Crippen LogP contribution < -0.4 is 10.5 Å². The molecular formula is C19H13ClFN3O3. The standard InChI is InChI=1S/C19H13ClFN3O3/c1-26-19(25)18-17(23)11(9-22)10-24(18)15-7-12(20)5-6-16(15)27-14-4-2-3-13(21)8-14/h2-8,10H,23H2,1H3. The molecule has 3 rings (SSSR count). The summed E-state index contributed by atoms with van der Waals surface area (Å²) in [7, 11) is 1.20. The Kier molecular flexibility index (Phi) is 5.01. The molecule has 3 aromatic rings. The van der Waals surface area contributed by atoms with Crippen molar-refractivity contribution in [3.8, 4) is 23.3 Å². The molecule has 1 aromatic heterocycles. The van der Waals surface area contributed by atoms with Crippen molar-refractivity contribution < 1.29 is 18.7 Å². The number of nitrogen functional groups attached to an aromatic ring is 1. The molecular weight excluding hydrogens is 373 g/mol. The maximum Gasteiger partial charge on any atom is 0.357 e. The Hall–Kier alpha value is -3.50. The molecule has 2 aromatic carbocycles. The molecule has 27 heavy (non-hydrogen) atoms. The number of ether oxygens (including phenoxy) is 2. The van der Waals surface area contributed by atoms with Gasteiger partial charge in [0, 0.05) is 17.3 Å². The summed E-state index contributed by atoms with van der Waals surface area (Å²) in [6.07, 6.45) is 1.38. The number of nitriles is 1. The van der Waals surface area contributed by atoms with Crippen molar-refractivity contribution in [2.45, 2.75) is 0 Å². The zero-order valence-corrected chi connectivity index (χ0v) is 14.8. The van der Waals surface area contributed by atoms with Crippen LogP contribution in [0.3, 0.4) is 0 Å². The van der Waals surface area contributed by atoms with E-state index in [1.165, 1.54) is 42.1 Å². The predicted molar refractivity (Wildman–Crippen MR) is 97.7 cm³/mol. The molecule has 0 atom stereocenters. The number of anilines is 1. The van der Waals surface area contributed by atoms with Gasteiger partial charge in [-0.05, 0) is 30.3 Å². The van der Waals surface area contributed by atoms with Crippen LogP contribution in [0.15, 0.2) is 48.7 Å². The van der Waals surface area contributed by atoms with Gasteiger partial charge in [0.2, 0.25) is 0 Å². The van der Waals surface area contributed by atoms with Gasteiger partial charge < -0.3 is 19.8 Å². The van der Waals surface area contributed by atoms with Crippen LogP contribution >= 0.6 is 11.6 Å². The highest BCUT2D eigenvalue weighted by Gasteiger charge is 2.23. The van der Waals surface area contributed by atoms with E-state index in [9.17, 15) is 14.4 Å². The lowest BCUT2D eigenvalue weighted by Gasteiger charge is -2.15. The molecule has 0 spiro atoms. The van der Waals surface area contributed by atoms with E-state index in [2.05, 4.69) is 0 Å². The van der Waals surface area contributed by atoms with E-state index in [0.717, 1.165) is 0 Å². The molecule has 0 amide bonds. The number of rotatable bonds is 4. The molecule has 0 radical (unpaired) electrons. The minimum atomic E-state index is -0.731. The zero-order valence-electron chi connectivity index (χ0n) is 14.1. The lowest BCUT2D eigenvalue weighted by atomic mass is 10.2. The first kappa shape index (κ1) is 18.3. The Labute approximate surface area is 159 Å². The van der Waals surface area contributed by atoms with Crippen LogP contribution in [-0.2, 0) is 4.74 Å². The third-order valence-corrected chi connectivity index (χ3v) is 3.98. The van der Waals surface area contributed by atoms with E-state index in [1.807, 2.05) is 6.07 Å². The van der Waals surface area contributed by atoms with Gasteiger partial charge in [0.25, 0.3) is 0 Å². The topological polar surface area (TPSA) is 90.3 Å². The molecule has 1 heterocycles. The van der Waals surface area contributed by atoms with Gasteiger partial charge in [-0.25, -0.2) is 9.18 Å². The normalized spacial score (nSPS) is 10.3. The first-order chi connectivity index (χ1) is 12.9. The average Bonchev–Trinajstić information content (AvgIpc) is 2.99. The quantitative estimate of drug-likeness (QED) is 0.676. The van der Waals surface area contributed by atoms with Gasteiger partial charge in [0.1, 0.15) is 17.6 Å². The zero-order chi connectivity index (χ0) is 19.6. The molecule has 2 N–H and O–H groups in total. The number of carbonyl (C=O) groups is 1. The van der Waals surface area contributed by atoms with Crippen molar-refractivity contribution >= 4 is 23.3 Å². The minimum Gasteiger partial charge on any atom is -0.464 e. The Morgan fingerprint density at radius 1 is 1.30 bits per heavy atom. The Morgan fingerprint density at radius 2 is 2.07 bits per heavy atom. The van der Waals surface area contributed by atoms with E-state index in [-0.39, 0.29) is 28.4 Å². The Balaban J connectivity index is 2.19. The van der Waals surface area contributed by atoms with E-state index in [4.69, 9.17) is 26.8 Å². The largest absolute Gasteiger partial charge is 0.464 e. The third-order valence-electron chi connectivity index (χ3n) is 3.75. The number of hydrogen-bond donors (Lipinski definition) is 1.